The van der Waals surface area contributed by atoms with Crippen molar-refractivity contribution in [3.63, 3.8) is 0 Å². The highest BCUT2D eigenvalue weighted by Crippen LogP contribution is 2.29. The van der Waals surface area contributed by atoms with Gasteiger partial charge in [-0.15, -0.1) is 11.3 Å². The summed E-state index contributed by atoms with van der Waals surface area (Å²) in [6, 6.07) is 4.02. The third-order valence-electron chi connectivity index (χ3n) is 1.86. The van der Waals surface area contributed by atoms with E-state index in [2.05, 4.69) is 5.32 Å². The van der Waals surface area contributed by atoms with Crippen LogP contribution >= 0.6 is 11.3 Å². The number of hydrogen-bond donors (Lipinski definition) is 1. The summed E-state index contributed by atoms with van der Waals surface area (Å²) >= 11 is 1.61. The van der Waals surface area contributed by atoms with E-state index in [1.807, 2.05) is 24.4 Å². The van der Waals surface area contributed by atoms with Crippen molar-refractivity contribution in [1.82, 2.24) is 5.32 Å². The van der Waals surface area contributed by atoms with E-state index in [9.17, 15) is 4.79 Å². The molecule has 0 aliphatic carbocycles. The standard InChI is InChI=1S/C8H9NO2S/c1-5-7(11-8(10)9-5)6-3-2-4-12-6/h2-5,7H,1H3,(H,9,10)/t5-,7-/m0/s1. The number of hydrogen-bond acceptors (Lipinski definition) is 3. The molecule has 0 aromatic carbocycles. The first-order valence-corrected chi connectivity index (χ1v) is 4.66. The second-order valence-corrected chi connectivity index (χ2v) is 3.75. The first kappa shape index (κ1) is 7.61. The Kier molecular flexibility index (Phi) is 1.77. The maximum atomic E-state index is 10.8. The Morgan fingerprint density at radius 1 is 1.67 bits per heavy atom. The molecule has 2 atom stereocenters. The lowest BCUT2D eigenvalue weighted by molar-refractivity contribution is 0.136. The molecule has 1 amide bonds. The van der Waals surface area contributed by atoms with Crippen molar-refractivity contribution in [3.8, 4) is 0 Å². The maximum Gasteiger partial charge on any atom is 0.408 e. The lowest BCUT2D eigenvalue weighted by atomic mass is 10.2. The van der Waals surface area contributed by atoms with Gasteiger partial charge in [-0.3, -0.25) is 0 Å². The molecular formula is C8H9NO2S. The Balaban J connectivity index is 2.20. The SMILES string of the molecule is C[C@@H]1NC(=O)O[C@@H]1c1cccs1. The summed E-state index contributed by atoms with van der Waals surface area (Å²) in [5.74, 6) is 0. The van der Waals surface area contributed by atoms with Crippen LogP contribution in [0.4, 0.5) is 4.79 Å². The van der Waals surface area contributed by atoms with Crippen molar-refractivity contribution in [1.29, 1.82) is 0 Å². The summed E-state index contributed by atoms with van der Waals surface area (Å²) in [4.78, 5) is 11.9. The third kappa shape index (κ3) is 1.18. The minimum Gasteiger partial charge on any atom is -0.438 e. The van der Waals surface area contributed by atoms with Crippen LogP contribution in [-0.4, -0.2) is 12.1 Å². The number of carbonyl (C=O) groups excluding carboxylic acids is 1. The van der Waals surface area contributed by atoms with Gasteiger partial charge in [0.05, 0.1) is 6.04 Å². The molecule has 3 nitrogen and oxygen atoms in total. The van der Waals surface area contributed by atoms with Gasteiger partial charge in [0.2, 0.25) is 0 Å². The molecule has 4 heteroatoms. The highest BCUT2D eigenvalue weighted by atomic mass is 32.1. The smallest absolute Gasteiger partial charge is 0.408 e. The van der Waals surface area contributed by atoms with Crippen LogP contribution < -0.4 is 5.32 Å². The molecule has 1 N–H and O–H groups in total. The summed E-state index contributed by atoms with van der Waals surface area (Å²) in [5, 5.41) is 4.68. The fraction of sp³-hybridized carbons (Fsp3) is 0.375. The summed E-state index contributed by atoms with van der Waals surface area (Å²) in [5.41, 5.74) is 0. The number of thiophene rings is 1. The molecule has 0 bridgehead atoms. The van der Waals surface area contributed by atoms with E-state index in [4.69, 9.17) is 4.74 Å². The van der Waals surface area contributed by atoms with Crippen LogP contribution in [0.25, 0.3) is 0 Å². The van der Waals surface area contributed by atoms with E-state index >= 15 is 0 Å². The topological polar surface area (TPSA) is 38.3 Å². The highest BCUT2D eigenvalue weighted by Gasteiger charge is 2.32. The first-order chi connectivity index (χ1) is 5.77. The van der Waals surface area contributed by atoms with Crippen molar-refractivity contribution in [2.75, 3.05) is 0 Å². The van der Waals surface area contributed by atoms with E-state index in [1.165, 1.54) is 0 Å². The van der Waals surface area contributed by atoms with Gasteiger partial charge in [0.15, 0.2) is 6.10 Å². The molecule has 1 aliphatic heterocycles. The fourth-order valence-corrected chi connectivity index (χ4v) is 2.13. The predicted octanol–water partition coefficient (Wildman–Crippen LogP) is 1.92. The molecule has 0 spiro atoms. The van der Waals surface area contributed by atoms with Gasteiger partial charge < -0.3 is 10.1 Å². The van der Waals surface area contributed by atoms with Crippen LogP contribution in [0.5, 0.6) is 0 Å². The van der Waals surface area contributed by atoms with Gasteiger partial charge >= 0.3 is 6.09 Å². The molecule has 0 unspecified atom stereocenters. The molecule has 0 radical (unpaired) electrons. The summed E-state index contributed by atoms with van der Waals surface area (Å²) < 4.78 is 5.08. The number of nitrogens with one attached hydrogen (secondary N) is 1. The number of ether oxygens (including phenoxy) is 1. The van der Waals surface area contributed by atoms with E-state index < -0.39 is 0 Å². The van der Waals surface area contributed by atoms with Crippen LogP contribution in [0.2, 0.25) is 0 Å². The average Bonchev–Trinajstić information content (AvgIpc) is 2.58. The van der Waals surface area contributed by atoms with Crippen molar-refractivity contribution in [3.05, 3.63) is 22.4 Å². The minimum absolute atomic E-state index is 0.0798. The number of rotatable bonds is 1. The second-order valence-electron chi connectivity index (χ2n) is 2.77. The number of cyclic esters (lactones) is 1. The zero-order chi connectivity index (χ0) is 8.55. The van der Waals surface area contributed by atoms with Gasteiger partial charge in [-0.05, 0) is 18.4 Å². The zero-order valence-electron chi connectivity index (χ0n) is 6.61. The highest BCUT2D eigenvalue weighted by molar-refractivity contribution is 7.10. The van der Waals surface area contributed by atoms with Gasteiger partial charge in [-0.2, -0.15) is 0 Å². The van der Waals surface area contributed by atoms with Crippen LogP contribution in [-0.2, 0) is 4.74 Å². The Bertz CT molecular complexity index is 283. The third-order valence-corrected chi connectivity index (χ3v) is 2.79. The molecule has 1 aliphatic rings. The van der Waals surface area contributed by atoms with Gasteiger partial charge in [0, 0.05) is 4.88 Å². The zero-order valence-corrected chi connectivity index (χ0v) is 7.43. The van der Waals surface area contributed by atoms with Crippen LogP contribution in [0.3, 0.4) is 0 Å². The first-order valence-electron chi connectivity index (χ1n) is 3.78. The monoisotopic (exact) mass is 183 g/mol. The molecule has 1 aromatic rings. The molecule has 2 rings (SSSR count). The lowest BCUT2D eigenvalue weighted by Crippen LogP contribution is -2.23. The van der Waals surface area contributed by atoms with Crippen LogP contribution in [0.1, 0.15) is 17.9 Å². The second kappa shape index (κ2) is 2.79. The Hall–Kier alpha value is -1.03. The van der Waals surface area contributed by atoms with E-state index in [1.54, 1.807) is 11.3 Å². The van der Waals surface area contributed by atoms with Crippen molar-refractivity contribution in [2.24, 2.45) is 0 Å². The largest absolute Gasteiger partial charge is 0.438 e. The molecule has 0 saturated carbocycles. The maximum absolute atomic E-state index is 10.8. The van der Waals surface area contributed by atoms with Gasteiger partial charge in [0.25, 0.3) is 0 Å². The summed E-state index contributed by atoms with van der Waals surface area (Å²) in [6.45, 7) is 1.94. The molecular weight excluding hydrogens is 174 g/mol. The quantitative estimate of drug-likeness (QED) is 0.722. The van der Waals surface area contributed by atoms with Crippen molar-refractivity contribution < 1.29 is 9.53 Å². The number of amides is 1. The molecule has 1 saturated heterocycles. The van der Waals surface area contributed by atoms with Crippen LogP contribution in [0, 0.1) is 0 Å². The molecule has 12 heavy (non-hydrogen) atoms. The Labute approximate surface area is 74.4 Å². The minimum atomic E-state index is -0.319. The fourth-order valence-electron chi connectivity index (χ4n) is 1.27. The van der Waals surface area contributed by atoms with Crippen LogP contribution in [0.15, 0.2) is 17.5 Å². The summed E-state index contributed by atoms with van der Waals surface area (Å²) in [6.07, 6.45) is -0.418. The van der Waals surface area contributed by atoms with E-state index in [-0.39, 0.29) is 18.2 Å². The Morgan fingerprint density at radius 2 is 2.50 bits per heavy atom. The van der Waals surface area contributed by atoms with Crippen molar-refractivity contribution in [2.45, 2.75) is 19.1 Å². The lowest BCUT2D eigenvalue weighted by Gasteiger charge is -2.09. The van der Waals surface area contributed by atoms with E-state index in [0.29, 0.717) is 0 Å². The molecule has 64 valence electrons. The normalized spacial score (nSPS) is 28.2. The predicted molar refractivity (Wildman–Crippen MR) is 46.1 cm³/mol. The Morgan fingerprint density at radius 3 is 3.00 bits per heavy atom. The van der Waals surface area contributed by atoms with Crippen molar-refractivity contribution >= 4 is 17.4 Å². The average molecular weight is 183 g/mol. The van der Waals surface area contributed by atoms with Gasteiger partial charge in [-0.25, -0.2) is 4.79 Å². The molecule has 2 heterocycles. The van der Waals surface area contributed by atoms with Gasteiger partial charge in [-0.1, -0.05) is 6.07 Å². The van der Waals surface area contributed by atoms with E-state index in [0.717, 1.165) is 4.88 Å². The van der Waals surface area contributed by atoms with Gasteiger partial charge in [0.1, 0.15) is 0 Å². The summed E-state index contributed by atoms with van der Waals surface area (Å²) in [7, 11) is 0. The molecule has 1 aromatic heterocycles. The molecule has 1 fully saturated rings. The number of carbonyl (C=O) groups is 1. The number of alkyl carbamates (subject to hydrolysis) is 1.